The predicted octanol–water partition coefficient (Wildman–Crippen LogP) is 7.92. The molecule has 0 amide bonds. The minimum absolute atomic E-state index is 0.348. The van der Waals surface area contributed by atoms with Gasteiger partial charge in [-0.2, -0.15) is 13.2 Å². The van der Waals surface area contributed by atoms with Crippen LogP contribution in [-0.2, 0) is 6.18 Å². The van der Waals surface area contributed by atoms with E-state index in [1.807, 2.05) is 44.2 Å². The Balaban J connectivity index is 0.00000109. The molecule has 0 bridgehead atoms. The Morgan fingerprint density at radius 1 is 0.920 bits per heavy atom. The van der Waals surface area contributed by atoms with Gasteiger partial charge in [0.2, 0.25) is 0 Å². The highest BCUT2D eigenvalue weighted by Gasteiger charge is 2.30. The van der Waals surface area contributed by atoms with Crippen LogP contribution in [0.5, 0.6) is 11.5 Å². The summed E-state index contributed by atoms with van der Waals surface area (Å²) < 4.78 is 43.4. The van der Waals surface area contributed by atoms with Gasteiger partial charge in [-0.05, 0) is 75.6 Å². The van der Waals surface area contributed by atoms with Gasteiger partial charge in [0.25, 0.3) is 0 Å². The van der Waals surface area contributed by atoms with Crippen LogP contribution in [0.1, 0.15) is 19.4 Å². The molecule has 0 N–H and O–H groups in total. The first-order chi connectivity index (χ1) is 12.0. The monoisotopic (exact) mass is 384 g/mol. The molecular weight excluding hydrogens is 369 g/mol. The van der Waals surface area contributed by atoms with Crippen LogP contribution in [0.15, 0.2) is 65.6 Å². The van der Waals surface area contributed by atoms with Crippen LogP contribution >= 0.6 is 21.7 Å². The smallest absolute Gasteiger partial charge is 0.416 e. The molecule has 25 heavy (non-hydrogen) atoms. The van der Waals surface area contributed by atoms with E-state index in [1.165, 1.54) is 12.1 Å². The summed E-state index contributed by atoms with van der Waals surface area (Å²) in [6.07, 6.45) is -4.35. The van der Waals surface area contributed by atoms with Crippen LogP contribution in [-0.4, -0.2) is 0 Å². The molecule has 3 aromatic carbocycles. The van der Waals surface area contributed by atoms with Gasteiger partial charge in [0.15, 0.2) is 0 Å². The van der Waals surface area contributed by atoms with E-state index in [2.05, 4.69) is 0 Å². The van der Waals surface area contributed by atoms with Crippen molar-refractivity contribution in [2.75, 3.05) is 0 Å². The quantitative estimate of drug-likeness (QED) is 0.453. The third-order valence-corrected chi connectivity index (χ3v) is 4.28. The Bertz CT molecular complexity index is 832. The highest BCUT2D eigenvalue weighted by atomic mass is 35.7. The number of benzene rings is 3. The molecule has 0 aromatic heterocycles. The fourth-order valence-corrected chi connectivity index (χ4v) is 2.79. The maximum Gasteiger partial charge on any atom is 0.416 e. The molecule has 3 rings (SSSR count). The maximum absolute atomic E-state index is 12.6. The normalized spacial score (nSPS) is 11.0. The van der Waals surface area contributed by atoms with E-state index in [9.17, 15) is 13.2 Å². The second-order valence-electron chi connectivity index (χ2n) is 4.84. The SMILES string of the molecule is CC.FC(F)(F)c1ccc(Oc2cccc3cc(SCl)ccc23)cc1. The molecule has 0 aliphatic rings. The molecule has 0 heterocycles. The van der Waals surface area contributed by atoms with Gasteiger partial charge in [0.1, 0.15) is 11.5 Å². The van der Waals surface area contributed by atoms with Crippen LogP contribution in [0, 0.1) is 0 Å². The first-order valence-electron chi connectivity index (χ1n) is 7.64. The van der Waals surface area contributed by atoms with Gasteiger partial charge in [-0.3, -0.25) is 0 Å². The van der Waals surface area contributed by atoms with Crippen molar-refractivity contribution in [1.82, 2.24) is 0 Å². The lowest BCUT2D eigenvalue weighted by Gasteiger charge is -2.11. The topological polar surface area (TPSA) is 9.23 Å². The van der Waals surface area contributed by atoms with E-state index in [-0.39, 0.29) is 0 Å². The lowest BCUT2D eigenvalue weighted by atomic mass is 10.1. The summed E-state index contributed by atoms with van der Waals surface area (Å²) >= 11 is 0. The van der Waals surface area contributed by atoms with E-state index in [0.29, 0.717) is 11.5 Å². The van der Waals surface area contributed by atoms with Crippen molar-refractivity contribution >= 4 is 32.4 Å². The van der Waals surface area contributed by atoms with Gasteiger partial charge in [0, 0.05) is 10.3 Å². The lowest BCUT2D eigenvalue weighted by Crippen LogP contribution is -2.03. The first-order valence-corrected chi connectivity index (χ1v) is 9.28. The summed E-state index contributed by atoms with van der Waals surface area (Å²) in [5.74, 6) is 0.926. The Morgan fingerprint density at radius 3 is 2.20 bits per heavy atom. The Hall–Kier alpha value is -1.85. The molecule has 0 atom stereocenters. The highest BCUT2D eigenvalue weighted by Crippen LogP contribution is 2.35. The van der Waals surface area contributed by atoms with Gasteiger partial charge in [-0.25, -0.2) is 0 Å². The van der Waals surface area contributed by atoms with Crippen molar-refractivity contribution in [2.24, 2.45) is 0 Å². The lowest BCUT2D eigenvalue weighted by molar-refractivity contribution is -0.137. The third kappa shape index (κ3) is 4.83. The standard InChI is InChI=1S/C17H10ClF3OS.C2H6/c18-23-14-8-9-15-11(10-14)2-1-3-16(15)22-13-6-4-12(5-7-13)17(19,20)21;1-2/h1-10H;1-2H3. The maximum atomic E-state index is 12.6. The molecule has 0 aliphatic carbocycles. The third-order valence-electron chi connectivity index (χ3n) is 3.31. The summed E-state index contributed by atoms with van der Waals surface area (Å²) in [7, 11) is 6.86. The average molecular weight is 385 g/mol. The van der Waals surface area contributed by atoms with Gasteiger partial charge in [-0.1, -0.05) is 26.0 Å². The minimum atomic E-state index is -4.35. The molecule has 0 radical (unpaired) electrons. The molecule has 1 nitrogen and oxygen atoms in total. The van der Waals surface area contributed by atoms with Crippen molar-refractivity contribution < 1.29 is 17.9 Å². The highest BCUT2D eigenvalue weighted by molar-refractivity contribution is 8.21. The molecule has 0 aliphatic heterocycles. The summed E-state index contributed by atoms with van der Waals surface area (Å²) in [6, 6.07) is 15.8. The van der Waals surface area contributed by atoms with Crippen molar-refractivity contribution in [2.45, 2.75) is 24.9 Å². The number of hydrogen-bond acceptors (Lipinski definition) is 2. The fourth-order valence-electron chi connectivity index (χ4n) is 2.21. The summed E-state index contributed by atoms with van der Waals surface area (Å²) in [4.78, 5) is 0.908. The van der Waals surface area contributed by atoms with Crippen molar-refractivity contribution in [3.63, 3.8) is 0 Å². The van der Waals surface area contributed by atoms with Crippen LogP contribution < -0.4 is 4.74 Å². The zero-order valence-electron chi connectivity index (χ0n) is 13.6. The summed E-state index contributed by atoms with van der Waals surface area (Å²) in [6.45, 7) is 4.00. The minimum Gasteiger partial charge on any atom is -0.457 e. The molecule has 0 saturated carbocycles. The first kappa shape index (κ1) is 19.5. The van der Waals surface area contributed by atoms with Gasteiger partial charge in [0.05, 0.1) is 5.56 Å². The summed E-state index contributed by atoms with van der Waals surface area (Å²) in [5, 5.41) is 1.81. The van der Waals surface area contributed by atoms with Crippen LogP contribution in [0.3, 0.4) is 0 Å². The molecule has 0 spiro atoms. The Kier molecular flexibility index (Phi) is 6.62. The molecule has 0 fully saturated rings. The van der Waals surface area contributed by atoms with Gasteiger partial charge in [-0.15, -0.1) is 0 Å². The number of halogens is 4. The molecule has 132 valence electrons. The Morgan fingerprint density at radius 2 is 1.60 bits per heavy atom. The Labute approximate surface area is 153 Å². The van der Waals surface area contributed by atoms with Crippen molar-refractivity contribution in [3.8, 4) is 11.5 Å². The number of fused-ring (bicyclic) bond motifs is 1. The van der Waals surface area contributed by atoms with Crippen LogP contribution in [0.25, 0.3) is 10.8 Å². The molecule has 0 saturated heterocycles. The van der Waals surface area contributed by atoms with Crippen molar-refractivity contribution in [1.29, 1.82) is 0 Å². The number of ether oxygens (including phenoxy) is 1. The van der Waals surface area contributed by atoms with E-state index in [4.69, 9.17) is 15.4 Å². The second kappa shape index (κ2) is 8.50. The summed E-state index contributed by atoms with van der Waals surface area (Å²) in [5.41, 5.74) is -0.702. The van der Waals surface area contributed by atoms with Crippen molar-refractivity contribution in [3.05, 3.63) is 66.2 Å². The molecular formula is C19H16ClF3OS. The zero-order chi connectivity index (χ0) is 18.4. The largest absolute Gasteiger partial charge is 0.457 e. The predicted molar refractivity (Wildman–Crippen MR) is 98.5 cm³/mol. The van der Waals surface area contributed by atoms with Gasteiger partial charge >= 0.3 is 6.18 Å². The second-order valence-corrected chi connectivity index (χ2v) is 5.93. The van der Waals surface area contributed by atoms with E-state index >= 15 is 0 Å². The number of hydrogen-bond donors (Lipinski definition) is 0. The van der Waals surface area contributed by atoms with E-state index in [1.54, 1.807) is 6.07 Å². The molecule has 6 heteroatoms. The fraction of sp³-hybridized carbons (Fsp3) is 0.158. The van der Waals surface area contributed by atoms with Crippen LogP contribution in [0.2, 0.25) is 0 Å². The van der Waals surface area contributed by atoms with E-state index in [0.717, 1.165) is 38.8 Å². The number of alkyl halides is 3. The van der Waals surface area contributed by atoms with Gasteiger partial charge < -0.3 is 4.74 Å². The van der Waals surface area contributed by atoms with Crippen LogP contribution in [0.4, 0.5) is 13.2 Å². The number of rotatable bonds is 3. The zero-order valence-corrected chi connectivity index (χ0v) is 15.2. The molecule has 3 aromatic rings. The average Bonchev–Trinajstić information content (AvgIpc) is 2.63. The molecule has 0 unspecified atom stereocenters. The van der Waals surface area contributed by atoms with E-state index < -0.39 is 11.7 Å².